The fraction of sp³-hybridized carbons (Fsp3) is 0.714. The standard InChI is InChI=1S/C14H20F3N3O3/c1-10-7-12(23-18-10)8-19-3-5-20(6-4-19)13(21)11(2)22-9-14(15,16)17/h7,11H,3-6,8-9H2,1-2H3/t11-/m1/s1. The molecule has 0 aromatic carbocycles. The lowest BCUT2D eigenvalue weighted by molar-refractivity contribution is -0.188. The topological polar surface area (TPSA) is 58.8 Å². The Hall–Kier alpha value is -1.61. The van der Waals surface area contributed by atoms with E-state index in [9.17, 15) is 18.0 Å². The summed E-state index contributed by atoms with van der Waals surface area (Å²) in [6.07, 6.45) is -5.53. The van der Waals surface area contributed by atoms with Crippen LogP contribution in [0, 0.1) is 6.92 Å². The van der Waals surface area contributed by atoms with E-state index in [0.29, 0.717) is 32.7 Å². The van der Waals surface area contributed by atoms with Crippen molar-refractivity contribution in [3.63, 3.8) is 0 Å². The highest BCUT2D eigenvalue weighted by Crippen LogP contribution is 2.16. The predicted molar refractivity (Wildman–Crippen MR) is 74.6 cm³/mol. The van der Waals surface area contributed by atoms with Crippen molar-refractivity contribution in [1.82, 2.24) is 15.0 Å². The van der Waals surface area contributed by atoms with E-state index in [0.717, 1.165) is 11.5 Å². The lowest BCUT2D eigenvalue weighted by Gasteiger charge is -2.35. The van der Waals surface area contributed by atoms with Crippen molar-refractivity contribution in [3.8, 4) is 0 Å². The molecule has 1 aromatic rings. The molecule has 0 aliphatic carbocycles. The molecule has 1 aliphatic rings. The van der Waals surface area contributed by atoms with Crippen LogP contribution in [0.2, 0.25) is 0 Å². The van der Waals surface area contributed by atoms with Crippen LogP contribution in [0.5, 0.6) is 0 Å². The molecule has 0 spiro atoms. The number of aryl methyl sites for hydroxylation is 1. The van der Waals surface area contributed by atoms with E-state index >= 15 is 0 Å². The van der Waals surface area contributed by atoms with Gasteiger partial charge in [-0.2, -0.15) is 13.2 Å². The summed E-state index contributed by atoms with van der Waals surface area (Å²) in [6.45, 7) is 4.52. The SMILES string of the molecule is Cc1cc(CN2CCN(C(=O)[C@@H](C)OCC(F)(F)F)CC2)on1. The van der Waals surface area contributed by atoms with Crippen LogP contribution < -0.4 is 0 Å². The fourth-order valence-electron chi connectivity index (χ4n) is 2.39. The highest BCUT2D eigenvalue weighted by atomic mass is 19.4. The number of amides is 1. The second kappa shape index (κ2) is 7.31. The molecular formula is C14H20F3N3O3. The average molecular weight is 335 g/mol. The van der Waals surface area contributed by atoms with Crippen LogP contribution in [-0.2, 0) is 16.1 Å². The molecule has 0 saturated carbocycles. The van der Waals surface area contributed by atoms with Crippen LogP contribution in [0.1, 0.15) is 18.4 Å². The summed E-state index contributed by atoms with van der Waals surface area (Å²) in [5, 5.41) is 3.81. The molecule has 0 radical (unpaired) electrons. The Morgan fingerprint density at radius 3 is 2.57 bits per heavy atom. The number of carbonyl (C=O) groups is 1. The van der Waals surface area contributed by atoms with E-state index in [1.807, 2.05) is 13.0 Å². The molecule has 1 fully saturated rings. The van der Waals surface area contributed by atoms with Gasteiger partial charge in [0.15, 0.2) is 5.76 Å². The van der Waals surface area contributed by atoms with Gasteiger partial charge in [0.1, 0.15) is 12.7 Å². The van der Waals surface area contributed by atoms with Crippen LogP contribution in [-0.4, -0.2) is 65.9 Å². The summed E-state index contributed by atoms with van der Waals surface area (Å²) in [6, 6.07) is 1.85. The normalized spacial score (nSPS) is 18.2. The molecule has 130 valence electrons. The summed E-state index contributed by atoms with van der Waals surface area (Å²) in [4.78, 5) is 15.7. The molecule has 0 bridgehead atoms. The minimum absolute atomic E-state index is 0.413. The minimum atomic E-state index is -4.43. The summed E-state index contributed by atoms with van der Waals surface area (Å²) in [5.74, 6) is 0.341. The largest absolute Gasteiger partial charge is 0.411 e. The number of carbonyl (C=O) groups excluding carboxylic acids is 1. The summed E-state index contributed by atoms with van der Waals surface area (Å²) in [7, 11) is 0. The van der Waals surface area contributed by atoms with Gasteiger partial charge in [-0.25, -0.2) is 0 Å². The van der Waals surface area contributed by atoms with Crippen molar-refractivity contribution >= 4 is 5.91 Å². The van der Waals surface area contributed by atoms with Crippen molar-refractivity contribution in [2.24, 2.45) is 0 Å². The third kappa shape index (κ3) is 5.51. The highest BCUT2D eigenvalue weighted by molar-refractivity contribution is 5.80. The number of aromatic nitrogens is 1. The van der Waals surface area contributed by atoms with E-state index in [2.05, 4.69) is 14.8 Å². The van der Waals surface area contributed by atoms with Crippen LogP contribution in [0.3, 0.4) is 0 Å². The van der Waals surface area contributed by atoms with Gasteiger partial charge in [0, 0.05) is 32.2 Å². The molecule has 1 amide bonds. The zero-order valence-electron chi connectivity index (χ0n) is 13.1. The number of hydrogen-bond acceptors (Lipinski definition) is 5. The number of nitrogens with zero attached hydrogens (tertiary/aromatic N) is 3. The molecule has 0 unspecified atom stereocenters. The molecule has 0 N–H and O–H groups in total. The van der Waals surface area contributed by atoms with E-state index in [1.54, 1.807) is 0 Å². The lowest BCUT2D eigenvalue weighted by Crippen LogP contribution is -2.51. The zero-order chi connectivity index (χ0) is 17.0. The number of alkyl halides is 3. The number of halogens is 3. The van der Waals surface area contributed by atoms with Crippen molar-refractivity contribution in [2.45, 2.75) is 32.7 Å². The second-order valence-electron chi connectivity index (χ2n) is 5.60. The van der Waals surface area contributed by atoms with E-state index < -0.39 is 24.8 Å². The van der Waals surface area contributed by atoms with Crippen LogP contribution >= 0.6 is 0 Å². The van der Waals surface area contributed by atoms with E-state index in [-0.39, 0.29) is 0 Å². The van der Waals surface area contributed by atoms with Gasteiger partial charge in [0.25, 0.3) is 5.91 Å². The van der Waals surface area contributed by atoms with E-state index in [4.69, 9.17) is 4.52 Å². The van der Waals surface area contributed by atoms with Gasteiger partial charge in [-0.15, -0.1) is 0 Å². The lowest BCUT2D eigenvalue weighted by atomic mass is 10.2. The van der Waals surface area contributed by atoms with Gasteiger partial charge in [-0.1, -0.05) is 5.16 Å². The van der Waals surface area contributed by atoms with Gasteiger partial charge in [0.05, 0.1) is 12.2 Å². The Kier molecular flexibility index (Phi) is 5.64. The first kappa shape index (κ1) is 17.7. The molecule has 1 atom stereocenters. The third-order valence-corrected chi connectivity index (χ3v) is 3.58. The second-order valence-corrected chi connectivity index (χ2v) is 5.60. The van der Waals surface area contributed by atoms with Crippen molar-refractivity contribution in [3.05, 3.63) is 17.5 Å². The number of rotatable bonds is 5. The first-order valence-corrected chi connectivity index (χ1v) is 7.36. The van der Waals surface area contributed by atoms with E-state index in [1.165, 1.54) is 11.8 Å². The van der Waals surface area contributed by atoms with Gasteiger partial charge < -0.3 is 14.2 Å². The van der Waals surface area contributed by atoms with Gasteiger partial charge in [-0.3, -0.25) is 9.69 Å². The predicted octanol–water partition coefficient (Wildman–Crippen LogP) is 1.59. The molecule has 23 heavy (non-hydrogen) atoms. The molecular weight excluding hydrogens is 315 g/mol. The number of ether oxygens (including phenoxy) is 1. The van der Waals surface area contributed by atoms with Crippen LogP contribution in [0.25, 0.3) is 0 Å². The van der Waals surface area contributed by atoms with Crippen molar-refractivity contribution < 1.29 is 27.2 Å². The summed E-state index contributed by atoms with van der Waals surface area (Å²) >= 11 is 0. The van der Waals surface area contributed by atoms with Gasteiger partial charge >= 0.3 is 6.18 Å². The van der Waals surface area contributed by atoms with Crippen molar-refractivity contribution in [1.29, 1.82) is 0 Å². The first-order chi connectivity index (χ1) is 10.7. The molecule has 2 heterocycles. The molecule has 1 aromatic heterocycles. The minimum Gasteiger partial charge on any atom is -0.360 e. The number of piperazine rings is 1. The number of hydrogen-bond donors (Lipinski definition) is 0. The smallest absolute Gasteiger partial charge is 0.360 e. The monoisotopic (exact) mass is 335 g/mol. The average Bonchev–Trinajstić information content (AvgIpc) is 2.89. The quantitative estimate of drug-likeness (QED) is 0.818. The van der Waals surface area contributed by atoms with Crippen LogP contribution in [0.15, 0.2) is 10.6 Å². The molecule has 9 heteroatoms. The highest BCUT2D eigenvalue weighted by Gasteiger charge is 2.32. The maximum absolute atomic E-state index is 12.1. The first-order valence-electron chi connectivity index (χ1n) is 7.36. The Morgan fingerprint density at radius 2 is 2.04 bits per heavy atom. The Balaban J connectivity index is 1.75. The summed E-state index contributed by atoms with van der Waals surface area (Å²) in [5.41, 5.74) is 0.810. The van der Waals surface area contributed by atoms with Gasteiger partial charge in [-0.05, 0) is 13.8 Å². The fourth-order valence-corrected chi connectivity index (χ4v) is 2.39. The van der Waals surface area contributed by atoms with Gasteiger partial charge in [0.2, 0.25) is 0 Å². The van der Waals surface area contributed by atoms with Crippen molar-refractivity contribution in [2.75, 3.05) is 32.8 Å². The third-order valence-electron chi connectivity index (χ3n) is 3.58. The maximum atomic E-state index is 12.1. The summed E-state index contributed by atoms with van der Waals surface area (Å²) < 4.78 is 46.1. The van der Waals surface area contributed by atoms with Crippen LogP contribution in [0.4, 0.5) is 13.2 Å². The maximum Gasteiger partial charge on any atom is 0.411 e. The molecule has 6 nitrogen and oxygen atoms in total. The Labute approximate surface area is 132 Å². The zero-order valence-corrected chi connectivity index (χ0v) is 13.1. The molecule has 1 aliphatic heterocycles. The Morgan fingerprint density at radius 1 is 1.39 bits per heavy atom. The Bertz CT molecular complexity index is 525. The molecule has 2 rings (SSSR count). The molecule has 1 saturated heterocycles.